The van der Waals surface area contributed by atoms with Gasteiger partial charge in [-0.15, -0.1) is 0 Å². The van der Waals surface area contributed by atoms with Crippen molar-refractivity contribution in [1.29, 1.82) is 0 Å². The predicted molar refractivity (Wildman–Crippen MR) is 110 cm³/mol. The normalized spacial score (nSPS) is 11.7. The first-order chi connectivity index (χ1) is 13.5. The van der Waals surface area contributed by atoms with Crippen LogP contribution in [0.25, 0.3) is 0 Å². The topological polar surface area (TPSA) is 70.7 Å². The van der Waals surface area contributed by atoms with Crippen molar-refractivity contribution in [2.75, 3.05) is 34.3 Å². The molecule has 0 aliphatic rings. The molecule has 0 aliphatic carbocycles. The number of amides is 2. The third-order valence-corrected chi connectivity index (χ3v) is 4.52. The van der Waals surface area contributed by atoms with E-state index in [1.54, 1.807) is 19.2 Å². The zero-order valence-electron chi connectivity index (χ0n) is 16.8. The second-order valence-electron chi connectivity index (χ2n) is 6.78. The van der Waals surface area contributed by atoms with Gasteiger partial charge in [0, 0.05) is 25.1 Å². The molecule has 0 aromatic heterocycles. The average molecular weight is 383 g/mol. The molecule has 0 fully saturated rings. The summed E-state index contributed by atoms with van der Waals surface area (Å²) in [4.78, 5) is 26.2. The Balaban J connectivity index is 1.73. The molecule has 2 amide bonds. The maximum atomic E-state index is 12.2. The van der Waals surface area contributed by atoms with Crippen molar-refractivity contribution < 1.29 is 14.3 Å². The van der Waals surface area contributed by atoms with Gasteiger partial charge in [-0.3, -0.25) is 9.59 Å². The Bertz CT molecular complexity index is 745. The molecule has 0 aliphatic heterocycles. The molecule has 0 radical (unpaired) electrons. The van der Waals surface area contributed by atoms with E-state index in [0.717, 1.165) is 11.3 Å². The number of rotatable bonds is 10. The number of carbonyl (C=O) groups excluding carboxylic acids is 2. The molecule has 0 heterocycles. The molecular weight excluding hydrogens is 354 g/mol. The fourth-order valence-electron chi connectivity index (χ4n) is 2.87. The SMILES string of the molecule is COc1ccc(C(CNC(=O)CCCNC(=O)c2ccccc2)N(C)C)cc1. The number of hydrogen-bond acceptors (Lipinski definition) is 4. The fraction of sp³-hybridized carbons (Fsp3) is 0.364. The number of carbonyl (C=O) groups is 2. The number of hydrogen-bond donors (Lipinski definition) is 2. The van der Waals surface area contributed by atoms with Crippen molar-refractivity contribution in [1.82, 2.24) is 15.5 Å². The van der Waals surface area contributed by atoms with Gasteiger partial charge in [-0.1, -0.05) is 30.3 Å². The van der Waals surface area contributed by atoms with Crippen LogP contribution >= 0.6 is 0 Å². The molecule has 0 bridgehead atoms. The number of ether oxygens (including phenoxy) is 1. The monoisotopic (exact) mass is 383 g/mol. The van der Waals surface area contributed by atoms with E-state index in [-0.39, 0.29) is 17.9 Å². The molecule has 2 N–H and O–H groups in total. The summed E-state index contributed by atoms with van der Waals surface area (Å²) in [5.41, 5.74) is 1.74. The second-order valence-corrected chi connectivity index (χ2v) is 6.78. The first-order valence-corrected chi connectivity index (χ1v) is 9.41. The molecule has 2 aromatic carbocycles. The van der Waals surface area contributed by atoms with Crippen molar-refractivity contribution >= 4 is 11.8 Å². The van der Waals surface area contributed by atoms with Crippen LogP contribution in [-0.2, 0) is 4.79 Å². The lowest BCUT2D eigenvalue weighted by atomic mass is 10.1. The number of nitrogens with one attached hydrogen (secondary N) is 2. The first kappa shape index (κ1) is 21.4. The quantitative estimate of drug-likeness (QED) is 0.619. The third kappa shape index (κ3) is 6.70. The van der Waals surface area contributed by atoms with Gasteiger partial charge in [0.05, 0.1) is 13.2 Å². The van der Waals surface area contributed by atoms with E-state index in [0.29, 0.717) is 31.5 Å². The Kier molecular flexibility index (Phi) is 8.49. The van der Waals surface area contributed by atoms with E-state index < -0.39 is 0 Å². The molecule has 1 atom stereocenters. The molecule has 2 aromatic rings. The largest absolute Gasteiger partial charge is 0.497 e. The van der Waals surface area contributed by atoms with E-state index >= 15 is 0 Å². The van der Waals surface area contributed by atoms with Gasteiger partial charge in [-0.25, -0.2) is 0 Å². The average Bonchev–Trinajstić information content (AvgIpc) is 2.72. The Labute approximate surface area is 166 Å². The minimum absolute atomic E-state index is 0.0191. The van der Waals surface area contributed by atoms with Crippen LogP contribution in [0.3, 0.4) is 0 Å². The van der Waals surface area contributed by atoms with Crippen LogP contribution < -0.4 is 15.4 Å². The highest BCUT2D eigenvalue weighted by molar-refractivity contribution is 5.94. The lowest BCUT2D eigenvalue weighted by Crippen LogP contribution is -2.35. The molecule has 6 heteroatoms. The maximum absolute atomic E-state index is 12.2. The van der Waals surface area contributed by atoms with Crippen LogP contribution in [0.2, 0.25) is 0 Å². The van der Waals surface area contributed by atoms with Gasteiger partial charge in [0.2, 0.25) is 5.91 Å². The summed E-state index contributed by atoms with van der Waals surface area (Å²) in [5.74, 6) is 0.672. The van der Waals surface area contributed by atoms with Gasteiger partial charge < -0.3 is 20.3 Å². The molecule has 28 heavy (non-hydrogen) atoms. The summed E-state index contributed by atoms with van der Waals surface area (Å²) in [5, 5.41) is 5.82. The molecule has 1 unspecified atom stereocenters. The van der Waals surface area contributed by atoms with E-state index in [9.17, 15) is 9.59 Å². The Morgan fingerprint density at radius 1 is 1.00 bits per heavy atom. The maximum Gasteiger partial charge on any atom is 0.251 e. The van der Waals surface area contributed by atoms with Crippen molar-refractivity contribution in [2.24, 2.45) is 0 Å². The van der Waals surface area contributed by atoms with Gasteiger partial charge in [0.15, 0.2) is 0 Å². The Morgan fingerprint density at radius 3 is 2.29 bits per heavy atom. The van der Waals surface area contributed by atoms with E-state index in [1.807, 2.05) is 56.6 Å². The molecule has 6 nitrogen and oxygen atoms in total. The van der Waals surface area contributed by atoms with Crippen molar-refractivity contribution in [2.45, 2.75) is 18.9 Å². The second kappa shape index (κ2) is 11.1. The highest BCUT2D eigenvalue weighted by atomic mass is 16.5. The van der Waals surface area contributed by atoms with Crippen LogP contribution in [0.4, 0.5) is 0 Å². The van der Waals surface area contributed by atoms with Crippen molar-refractivity contribution in [3.63, 3.8) is 0 Å². The van der Waals surface area contributed by atoms with Crippen LogP contribution in [0.5, 0.6) is 5.75 Å². The summed E-state index contributed by atoms with van der Waals surface area (Å²) in [6, 6.07) is 17.0. The van der Waals surface area contributed by atoms with Crippen molar-refractivity contribution in [3.05, 3.63) is 65.7 Å². The van der Waals surface area contributed by atoms with E-state index in [1.165, 1.54) is 0 Å². The van der Waals surface area contributed by atoms with Crippen LogP contribution in [0.15, 0.2) is 54.6 Å². The molecule has 0 saturated carbocycles. The lowest BCUT2D eigenvalue weighted by molar-refractivity contribution is -0.121. The molecule has 2 rings (SSSR count). The Hall–Kier alpha value is -2.86. The van der Waals surface area contributed by atoms with Gasteiger partial charge in [0.25, 0.3) is 5.91 Å². The number of nitrogens with zero attached hydrogens (tertiary/aromatic N) is 1. The van der Waals surface area contributed by atoms with Crippen molar-refractivity contribution in [3.8, 4) is 5.75 Å². The van der Waals surface area contributed by atoms with Crippen LogP contribution in [0.1, 0.15) is 34.8 Å². The van der Waals surface area contributed by atoms with E-state index in [4.69, 9.17) is 4.74 Å². The van der Waals surface area contributed by atoms with Crippen LogP contribution in [-0.4, -0.2) is 51.0 Å². The summed E-state index contributed by atoms with van der Waals surface area (Å²) in [6.45, 7) is 0.991. The van der Waals surface area contributed by atoms with Gasteiger partial charge in [-0.05, 0) is 50.3 Å². The summed E-state index contributed by atoms with van der Waals surface area (Å²) < 4.78 is 5.19. The summed E-state index contributed by atoms with van der Waals surface area (Å²) in [6.07, 6.45) is 0.970. The molecular formula is C22H29N3O3. The zero-order valence-corrected chi connectivity index (χ0v) is 16.8. The van der Waals surface area contributed by atoms with Gasteiger partial charge in [-0.2, -0.15) is 0 Å². The summed E-state index contributed by atoms with van der Waals surface area (Å²) >= 11 is 0. The van der Waals surface area contributed by atoms with E-state index in [2.05, 4.69) is 15.5 Å². The lowest BCUT2D eigenvalue weighted by Gasteiger charge is -2.25. The molecule has 150 valence electrons. The zero-order chi connectivity index (χ0) is 20.4. The fourth-order valence-corrected chi connectivity index (χ4v) is 2.87. The first-order valence-electron chi connectivity index (χ1n) is 9.41. The standard InChI is InChI=1S/C22H29N3O3/c1-25(2)20(17-11-13-19(28-3)14-12-17)16-24-21(26)10-7-15-23-22(27)18-8-5-4-6-9-18/h4-6,8-9,11-14,20H,7,10,15-16H2,1-3H3,(H,23,27)(H,24,26). The number of benzene rings is 2. The minimum Gasteiger partial charge on any atom is -0.497 e. The van der Waals surface area contributed by atoms with Gasteiger partial charge >= 0.3 is 0 Å². The molecule has 0 spiro atoms. The third-order valence-electron chi connectivity index (χ3n) is 4.52. The minimum atomic E-state index is -0.117. The summed E-state index contributed by atoms with van der Waals surface area (Å²) in [7, 11) is 5.61. The smallest absolute Gasteiger partial charge is 0.251 e. The number of likely N-dealkylation sites (N-methyl/N-ethyl adjacent to an activating group) is 1. The molecule has 0 saturated heterocycles. The van der Waals surface area contributed by atoms with Crippen LogP contribution in [0, 0.1) is 0 Å². The predicted octanol–water partition coefficient (Wildman–Crippen LogP) is 2.62. The Morgan fingerprint density at radius 2 is 1.68 bits per heavy atom. The van der Waals surface area contributed by atoms with Gasteiger partial charge in [0.1, 0.15) is 5.75 Å². The highest BCUT2D eigenvalue weighted by Gasteiger charge is 2.15. The highest BCUT2D eigenvalue weighted by Crippen LogP contribution is 2.20. The number of methoxy groups -OCH3 is 1.